The maximum absolute atomic E-state index is 6.01. The molecule has 0 amide bonds. The van der Waals surface area contributed by atoms with Crippen molar-refractivity contribution >= 4 is 17.3 Å². The SMILES string of the molecule is CN(C)Cc1cnc2ccc(CNc3nc(-c4cnn(C)c4)cnc3N)cn12. The Morgan fingerprint density at radius 3 is 2.71 bits per heavy atom. The maximum Gasteiger partial charge on any atom is 0.169 e. The van der Waals surface area contributed by atoms with E-state index in [0.717, 1.165) is 34.7 Å². The second-order valence-electron chi connectivity index (χ2n) is 7.00. The molecular formula is C19H23N9. The molecule has 28 heavy (non-hydrogen) atoms. The van der Waals surface area contributed by atoms with Crippen LogP contribution < -0.4 is 11.1 Å². The van der Waals surface area contributed by atoms with Crippen molar-refractivity contribution in [1.29, 1.82) is 0 Å². The Bertz CT molecular complexity index is 1110. The lowest BCUT2D eigenvalue weighted by Gasteiger charge is -2.11. The number of nitrogen functional groups attached to an aromatic ring is 1. The number of nitrogens with one attached hydrogen (secondary N) is 1. The van der Waals surface area contributed by atoms with Gasteiger partial charge in [0.05, 0.1) is 30.0 Å². The van der Waals surface area contributed by atoms with Gasteiger partial charge >= 0.3 is 0 Å². The standard InChI is InChI=1S/C19H23N9/c1-26(2)12-15-8-21-17-5-4-13(10-28(15)17)6-23-19-18(20)22-9-16(25-19)14-7-24-27(3)11-14/h4-5,7-11H,6,12H2,1-3H3,(H2,20,22)(H,23,25). The summed E-state index contributed by atoms with van der Waals surface area (Å²) in [6.45, 7) is 1.40. The first-order valence-electron chi connectivity index (χ1n) is 8.94. The van der Waals surface area contributed by atoms with Crippen molar-refractivity contribution < 1.29 is 0 Å². The molecule has 9 nitrogen and oxygen atoms in total. The van der Waals surface area contributed by atoms with Gasteiger partial charge in [-0.15, -0.1) is 0 Å². The minimum atomic E-state index is 0.365. The number of hydrogen-bond donors (Lipinski definition) is 2. The first kappa shape index (κ1) is 17.9. The normalized spacial score (nSPS) is 11.4. The Morgan fingerprint density at radius 2 is 1.96 bits per heavy atom. The number of nitrogens with two attached hydrogens (primary N) is 1. The number of pyridine rings is 1. The molecule has 0 aromatic carbocycles. The number of rotatable bonds is 6. The van der Waals surface area contributed by atoms with Crippen LogP contribution in [0.3, 0.4) is 0 Å². The zero-order valence-electron chi connectivity index (χ0n) is 16.2. The quantitative estimate of drug-likeness (QED) is 0.528. The van der Waals surface area contributed by atoms with Crippen LogP contribution in [-0.4, -0.2) is 48.1 Å². The van der Waals surface area contributed by atoms with E-state index < -0.39 is 0 Å². The highest BCUT2D eigenvalue weighted by Gasteiger charge is 2.09. The fourth-order valence-electron chi connectivity index (χ4n) is 3.03. The topological polar surface area (TPSA) is 102 Å². The molecule has 0 spiro atoms. The molecule has 0 saturated heterocycles. The number of aryl methyl sites for hydroxylation is 1. The molecule has 3 N–H and O–H groups in total. The van der Waals surface area contributed by atoms with Crippen molar-refractivity contribution in [3.05, 3.63) is 54.4 Å². The molecule has 144 valence electrons. The monoisotopic (exact) mass is 377 g/mol. The Morgan fingerprint density at radius 1 is 1.11 bits per heavy atom. The van der Waals surface area contributed by atoms with Gasteiger partial charge in [0, 0.05) is 38.1 Å². The number of anilines is 2. The zero-order valence-corrected chi connectivity index (χ0v) is 16.2. The molecule has 0 atom stereocenters. The average molecular weight is 377 g/mol. The summed E-state index contributed by atoms with van der Waals surface area (Å²) in [4.78, 5) is 15.4. The van der Waals surface area contributed by atoms with Crippen molar-refractivity contribution in [2.45, 2.75) is 13.1 Å². The molecule has 0 fully saturated rings. The number of fused-ring (bicyclic) bond motifs is 1. The second kappa shape index (κ2) is 7.28. The van der Waals surface area contributed by atoms with Gasteiger partial charge in [-0.2, -0.15) is 5.10 Å². The van der Waals surface area contributed by atoms with Gasteiger partial charge in [-0.25, -0.2) is 15.0 Å². The van der Waals surface area contributed by atoms with E-state index in [1.165, 1.54) is 0 Å². The summed E-state index contributed by atoms with van der Waals surface area (Å²) in [5.74, 6) is 0.922. The van der Waals surface area contributed by atoms with Gasteiger partial charge in [0.2, 0.25) is 0 Å². The number of aromatic nitrogens is 6. The Balaban J connectivity index is 1.55. The molecule has 0 aliphatic rings. The third kappa shape index (κ3) is 3.65. The van der Waals surface area contributed by atoms with Gasteiger partial charge in [-0.05, 0) is 25.7 Å². The van der Waals surface area contributed by atoms with Gasteiger partial charge < -0.3 is 20.4 Å². The third-order valence-corrected chi connectivity index (χ3v) is 4.38. The van der Waals surface area contributed by atoms with Gasteiger partial charge in [0.25, 0.3) is 0 Å². The van der Waals surface area contributed by atoms with Gasteiger partial charge in [-0.3, -0.25) is 4.68 Å². The summed E-state index contributed by atoms with van der Waals surface area (Å²) < 4.78 is 3.84. The summed E-state index contributed by atoms with van der Waals surface area (Å²) in [5.41, 5.74) is 10.8. The molecule has 4 rings (SSSR count). The Labute approximate surface area is 162 Å². The van der Waals surface area contributed by atoms with Gasteiger partial charge in [0.1, 0.15) is 5.65 Å². The molecular weight excluding hydrogens is 354 g/mol. The van der Waals surface area contributed by atoms with Crippen molar-refractivity contribution in [2.75, 3.05) is 25.1 Å². The lowest BCUT2D eigenvalue weighted by atomic mass is 10.2. The van der Waals surface area contributed by atoms with E-state index in [9.17, 15) is 0 Å². The van der Waals surface area contributed by atoms with Gasteiger partial charge in [-0.1, -0.05) is 6.07 Å². The van der Waals surface area contributed by atoms with Crippen LogP contribution in [0.15, 0.2) is 43.1 Å². The smallest absolute Gasteiger partial charge is 0.169 e. The van der Waals surface area contributed by atoms with Crippen LogP contribution in [0.4, 0.5) is 11.6 Å². The van der Waals surface area contributed by atoms with Crippen LogP contribution in [0.1, 0.15) is 11.3 Å². The fraction of sp³-hybridized carbons (Fsp3) is 0.263. The third-order valence-electron chi connectivity index (χ3n) is 4.38. The van der Waals surface area contributed by atoms with E-state index in [0.29, 0.717) is 18.2 Å². The average Bonchev–Trinajstić information content (AvgIpc) is 3.27. The van der Waals surface area contributed by atoms with Crippen molar-refractivity contribution in [1.82, 2.24) is 34.0 Å². The Hall–Kier alpha value is -3.46. The molecule has 0 bridgehead atoms. The summed E-state index contributed by atoms with van der Waals surface area (Å²) in [5, 5.41) is 7.47. The highest BCUT2D eigenvalue weighted by Crippen LogP contribution is 2.21. The van der Waals surface area contributed by atoms with E-state index in [4.69, 9.17) is 5.73 Å². The molecule has 0 unspecified atom stereocenters. The summed E-state index contributed by atoms with van der Waals surface area (Å²) in [6, 6.07) is 4.06. The number of nitrogens with zero attached hydrogens (tertiary/aromatic N) is 7. The van der Waals surface area contributed by atoms with E-state index in [2.05, 4.69) is 40.9 Å². The lowest BCUT2D eigenvalue weighted by molar-refractivity contribution is 0.395. The highest BCUT2D eigenvalue weighted by atomic mass is 15.2. The molecule has 0 aliphatic heterocycles. The van der Waals surface area contributed by atoms with Crippen LogP contribution in [0.2, 0.25) is 0 Å². The molecule has 0 aliphatic carbocycles. The molecule has 0 saturated carbocycles. The van der Waals surface area contributed by atoms with Crippen LogP contribution in [0.5, 0.6) is 0 Å². The second-order valence-corrected chi connectivity index (χ2v) is 7.00. The number of hydrogen-bond acceptors (Lipinski definition) is 7. The predicted octanol–water partition coefficient (Wildman–Crippen LogP) is 1.78. The number of imidazole rings is 1. The molecule has 0 radical (unpaired) electrons. The zero-order chi connectivity index (χ0) is 19.7. The van der Waals surface area contributed by atoms with Crippen LogP contribution in [0, 0.1) is 0 Å². The first-order valence-corrected chi connectivity index (χ1v) is 8.94. The van der Waals surface area contributed by atoms with Crippen molar-refractivity contribution in [3.63, 3.8) is 0 Å². The maximum atomic E-state index is 6.01. The van der Waals surface area contributed by atoms with Gasteiger partial charge in [0.15, 0.2) is 11.6 Å². The van der Waals surface area contributed by atoms with Crippen molar-refractivity contribution in [3.8, 4) is 11.3 Å². The summed E-state index contributed by atoms with van der Waals surface area (Å²) >= 11 is 0. The largest absolute Gasteiger partial charge is 0.381 e. The Kier molecular flexibility index (Phi) is 4.66. The molecule has 4 aromatic rings. The summed E-state index contributed by atoms with van der Waals surface area (Å²) in [7, 11) is 5.95. The fourth-order valence-corrected chi connectivity index (χ4v) is 3.03. The van der Waals surface area contributed by atoms with E-state index in [1.807, 2.05) is 45.7 Å². The van der Waals surface area contributed by atoms with Crippen LogP contribution in [0.25, 0.3) is 16.9 Å². The van der Waals surface area contributed by atoms with E-state index in [-0.39, 0.29) is 0 Å². The highest BCUT2D eigenvalue weighted by molar-refractivity contribution is 5.64. The lowest BCUT2D eigenvalue weighted by Crippen LogP contribution is -2.12. The predicted molar refractivity (Wildman–Crippen MR) is 109 cm³/mol. The van der Waals surface area contributed by atoms with Crippen LogP contribution in [-0.2, 0) is 20.1 Å². The van der Waals surface area contributed by atoms with E-state index in [1.54, 1.807) is 17.1 Å². The minimum Gasteiger partial charge on any atom is -0.381 e. The molecule has 4 aromatic heterocycles. The van der Waals surface area contributed by atoms with Crippen LogP contribution >= 0.6 is 0 Å². The van der Waals surface area contributed by atoms with E-state index >= 15 is 0 Å². The molecule has 9 heteroatoms. The summed E-state index contributed by atoms with van der Waals surface area (Å²) in [6.07, 6.45) is 9.30. The van der Waals surface area contributed by atoms with Crippen molar-refractivity contribution in [2.24, 2.45) is 7.05 Å². The minimum absolute atomic E-state index is 0.365. The first-order chi connectivity index (χ1) is 13.5. The molecule has 4 heterocycles.